The lowest BCUT2D eigenvalue weighted by Gasteiger charge is -2.45. The van der Waals surface area contributed by atoms with Crippen LogP contribution in [0.2, 0.25) is 0 Å². The van der Waals surface area contributed by atoms with Crippen LogP contribution in [-0.2, 0) is 20.8 Å². The molecule has 270 valence electrons. The number of cyclic esters (lactones) is 2. The number of aliphatic hydroxyl groups is 2. The molecule has 7 rings (SSSR count). The maximum absolute atomic E-state index is 13.3. The summed E-state index contributed by atoms with van der Waals surface area (Å²) in [7, 11) is 1.97. The first-order chi connectivity index (χ1) is 25.7. The van der Waals surface area contributed by atoms with E-state index in [0.717, 1.165) is 22.3 Å². The largest absolute Gasteiger partial charge is 0.392 e. The lowest BCUT2D eigenvalue weighted by atomic mass is 9.83. The molecule has 2 aliphatic heterocycles. The Morgan fingerprint density at radius 1 is 0.774 bits per heavy atom. The monoisotopic (exact) mass is 712 g/mol. The molecule has 1 amide bonds. The first kappa shape index (κ1) is 35.9. The summed E-state index contributed by atoms with van der Waals surface area (Å²) in [5.74, 6) is -2.25. The highest BCUT2D eigenvalue weighted by atomic mass is 16.7. The Balaban J connectivity index is 1.20. The number of carbonyl (C=O) groups is 3. The number of fused-ring (bicyclic) bond motifs is 1. The zero-order valence-corrected chi connectivity index (χ0v) is 29.3. The molecule has 2 aliphatic rings. The van der Waals surface area contributed by atoms with Gasteiger partial charge >= 0.3 is 11.9 Å². The molecule has 5 aromatic rings. The molecule has 10 nitrogen and oxygen atoms in total. The van der Waals surface area contributed by atoms with Gasteiger partial charge in [-0.2, -0.15) is 0 Å². The summed E-state index contributed by atoms with van der Waals surface area (Å²) in [6.07, 6.45) is -2.46. The fraction of sp³-hybridized carbons (Fsp3) is 0.233. The molecule has 1 fully saturated rings. The summed E-state index contributed by atoms with van der Waals surface area (Å²) in [6.45, 7) is 2.36. The fourth-order valence-corrected chi connectivity index (χ4v) is 6.98. The lowest BCUT2D eigenvalue weighted by molar-refractivity contribution is -0.264. The summed E-state index contributed by atoms with van der Waals surface area (Å²) in [5, 5.41) is 24.0. The normalized spacial score (nSPS) is 20.8. The first-order valence-corrected chi connectivity index (χ1v) is 17.5. The molecular weight excluding hydrogens is 672 g/mol. The molecular formula is C43H40N2O8. The molecule has 0 aromatic heterocycles. The highest BCUT2D eigenvalue weighted by molar-refractivity contribution is 6.16. The van der Waals surface area contributed by atoms with Crippen molar-refractivity contribution in [2.45, 2.75) is 50.1 Å². The van der Waals surface area contributed by atoms with Crippen molar-refractivity contribution < 1.29 is 38.8 Å². The number of likely N-dealkylation sites (N-methyl/N-ethyl adjacent to an activating group) is 1. The van der Waals surface area contributed by atoms with Crippen molar-refractivity contribution in [2.75, 3.05) is 18.9 Å². The predicted molar refractivity (Wildman–Crippen MR) is 197 cm³/mol. The van der Waals surface area contributed by atoms with Crippen molar-refractivity contribution in [3.8, 4) is 0 Å². The van der Waals surface area contributed by atoms with E-state index in [2.05, 4.69) is 27.1 Å². The number of nitrogens with zero attached hydrogens (tertiary/aromatic N) is 1. The Hall–Kier alpha value is -5.49. The Bertz CT molecular complexity index is 2090. The second kappa shape index (κ2) is 15.6. The quantitative estimate of drug-likeness (QED) is 0.101. The molecule has 3 N–H and O–H groups in total. The second-order valence-electron chi connectivity index (χ2n) is 13.5. The van der Waals surface area contributed by atoms with Crippen LogP contribution in [0.5, 0.6) is 0 Å². The van der Waals surface area contributed by atoms with Crippen LogP contribution in [-0.4, -0.2) is 58.7 Å². The van der Waals surface area contributed by atoms with E-state index in [-0.39, 0.29) is 35.3 Å². The minimum atomic E-state index is -0.845. The van der Waals surface area contributed by atoms with Crippen LogP contribution >= 0.6 is 0 Å². The van der Waals surface area contributed by atoms with Gasteiger partial charge in [0.1, 0.15) is 0 Å². The molecule has 10 heteroatoms. The molecule has 2 heterocycles. The lowest BCUT2D eigenvalue weighted by Crippen LogP contribution is -2.46. The number of carbonyl (C=O) groups excluding carboxylic acids is 3. The topological polar surface area (TPSA) is 135 Å². The molecule has 6 atom stereocenters. The summed E-state index contributed by atoms with van der Waals surface area (Å²) in [4.78, 5) is 39.4. The Labute approximate surface area is 307 Å². The van der Waals surface area contributed by atoms with Crippen LogP contribution < -0.4 is 5.32 Å². The van der Waals surface area contributed by atoms with Crippen molar-refractivity contribution in [3.05, 3.63) is 172 Å². The average molecular weight is 713 g/mol. The SMILES string of the molecule is CC(C(O)c1ccccc1)N(C)CC1OC(c2cccc(NC(=O)c3ccc4c(c3)C(=O)OC4=O)c2)OC(c2ccc(CO)cc2)C1c1ccccc1. The molecule has 0 aliphatic carbocycles. The van der Waals surface area contributed by atoms with Crippen LogP contribution in [0.3, 0.4) is 0 Å². The summed E-state index contributed by atoms with van der Waals surface area (Å²) in [5.41, 5.74) is 5.05. The van der Waals surface area contributed by atoms with Gasteiger partial charge in [-0.15, -0.1) is 0 Å². The van der Waals surface area contributed by atoms with Crippen LogP contribution in [0.15, 0.2) is 127 Å². The van der Waals surface area contributed by atoms with Crippen molar-refractivity contribution in [1.29, 1.82) is 0 Å². The van der Waals surface area contributed by atoms with E-state index < -0.39 is 42.4 Å². The van der Waals surface area contributed by atoms with Gasteiger partial charge in [-0.3, -0.25) is 9.69 Å². The molecule has 5 aromatic carbocycles. The van der Waals surface area contributed by atoms with E-state index in [1.165, 1.54) is 18.2 Å². The van der Waals surface area contributed by atoms with Crippen molar-refractivity contribution in [1.82, 2.24) is 4.90 Å². The zero-order valence-electron chi connectivity index (χ0n) is 29.3. The number of hydrogen-bond donors (Lipinski definition) is 3. The number of aliphatic hydroxyl groups excluding tert-OH is 2. The number of amides is 1. The number of anilines is 1. The number of hydrogen-bond acceptors (Lipinski definition) is 9. The molecule has 53 heavy (non-hydrogen) atoms. The van der Waals surface area contributed by atoms with Gasteiger partial charge in [0.15, 0.2) is 6.29 Å². The Morgan fingerprint density at radius 2 is 1.45 bits per heavy atom. The number of rotatable bonds is 11. The smallest absolute Gasteiger partial charge is 0.346 e. The third kappa shape index (κ3) is 7.68. The zero-order chi connectivity index (χ0) is 37.1. The van der Waals surface area contributed by atoms with Gasteiger partial charge < -0.3 is 29.7 Å². The van der Waals surface area contributed by atoms with Gasteiger partial charge in [0.05, 0.1) is 36.0 Å². The van der Waals surface area contributed by atoms with Gasteiger partial charge in [0.25, 0.3) is 5.91 Å². The van der Waals surface area contributed by atoms with E-state index in [9.17, 15) is 24.6 Å². The van der Waals surface area contributed by atoms with E-state index in [4.69, 9.17) is 9.47 Å². The minimum absolute atomic E-state index is 0.0491. The van der Waals surface area contributed by atoms with Crippen LogP contribution in [0, 0.1) is 0 Å². The molecule has 0 saturated carbocycles. The average Bonchev–Trinajstić information content (AvgIpc) is 3.49. The highest BCUT2D eigenvalue weighted by Crippen LogP contribution is 2.47. The third-order valence-electron chi connectivity index (χ3n) is 10.1. The van der Waals surface area contributed by atoms with E-state index in [1.807, 2.05) is 92.8 Å². The maximum Gasteiger partial charge on any atom is 0.346 e. The number of nitrogens with one attached hydrogen (secondary N) is 1. The van der Waals surface area contributed by atoms with Crippen LogP contribution in [0.1, 0.15) is 90.2 Å². The molecule has 0 radical (unpaired) electrons. The van der Waals surface area contributed by atoms with Crippen LogP contribution in [0.25, 0.3) is 0 Å². The fourth-order valence-electron chi connectivity index (χ4n) is 6.98. The Kier molecular flexibility index (Phi) is 10.6. The second-order valence-corrected chi connectivity index (χ2v) is 13.5. The van der Waals surface area contributed by atoms with E-state index in [1.54, 1.807) is 18.2 Å². The van der Waals surface area contributed by atoms with Gasteiger partial charge in [-0.1, -0.05) is 97.1 Å². The summed E-state index contributed by atoms with van der Waals surface area (Å²) in [6, 6.07) is 38.5. The van der Waals surface area contributed by atoms with Crippen LogP contribution in [0.4, 0.5) is 5.69 Å². The molecule has 1 saturated heterocycles. The van der Waals surface area contributed by atoms with Crippen molar-refractivity contribution >= 4 is 23.5 Å². The first-order valence-electron chi connectivity index (χ1n) is 17.5. The number of ether oxygens (including phenoxy) is 3. The minimum Gasteiger partial charge on any atom is -0.392 e. The molecule has 6 unspecified atom stereocenters. The molecule has 0 spiro atoms. The molecule has 0 bridgehead atoms. The van der Waals surface area contributed by atoms with Gasteiger partial charge in [-0.25, -0.2) is 9.59 Å². The Morgan fingerprint density at radius 3 is 2.17 bits per heavy atom. The van der Waals surface area contributed by atoms with Gasteiger partial charge in [0.2, 0.25) is 0 Å². The van der Waals surface area contributed by atoms with Gasteiger partial charge in [0, 0.05) is 35.3 Å². The van der Waals surface area contributed by atoms with Crippen molar-refractivity contribution in [2.24, 2.45) is 0 Å². The highest BCUT2D eigenvalue weighted by Gasteiger charge is 2.43. The van der Waals surface area contributed by atoms with Crippen molar-refractivity contribution in [3.63, 3.8) is 0 Å². The summed E-state index contributed by atoms with van der Waals surface area (Å²) < 4.78 is 18.4. The van der Waals surface area contributed by atoms with E-state index >= 15 is 0 Å². The van der Waals surface area contributed by atoms with Gasteiger partial charge in [-0.05, 0) is 66.6 Å². The maximum atomic E-state index is 13.3. The number of benzene rings is 5. The third-order valence-corrected chi connectivity index (χ3v) is 10.1. The predicted octanol–water partition coefficient (Wildman–Crippen LogP) is 6.73. The van der Waals surface area contributed by atoms with E-state index in [0.29, 0.717) is 17.8 Å². The summed E-state index contributed by atoms with van der Waals surface area (Å²) >= 11 is 0. The number of esters is 2. The standard InChI is InChI=1S/C43H40N2O8/c1-26(38(47)29-12-7-4-8-13-29)45(2)24-36-37(28-10-5-3-6-11-28)39(30-18-16-27(25-46)17-19-30)52-43(51-36)32-14-9-15-33(22-32)44-40(48)31-20-21-34-35(23-31)42(50)53-41(34)49/h3-23,26,36-39,43,46-47H,24-25H2,1-2H3,(H,44,48).